The number of piperidine rings is 1. The number of para-hydroxylation sites is 1. The number of hydrogen-bond donors (Lipinski definition) is 0. The number of fused-ring (bicyclic) bond motifs is 2. The molecule has 1 aromatic heterocycles. The third kappa shape index (κ3) is 4.89. The number of rotatable bonds is 7. The van der Waals surface area contributed by atoms with Crippen LogP contribution in [0.3, 0.4) is 0 Å². The lowest BCUT2D eigenvalue weighted by Crippen LogP contribution is -2.56. The SMILES string of the molecule is COc1cccc(CN2C(=O)N(Cc3cccc4cccnc34)C3(CCN(Cc4cccc5ccccc45)CC3)C2=O)c1. The molecule has 0 radical (unpaired) electrons. The number of likely N-dealkylation sites (tertiary alicyclic amines) is 1. The number of hydrogen-bond acceptors (Lipinski definition) is 5. The Morgan fingerprint density at radius 3 is 2.33 bits per heavy atom. The average Bonchev–Trinajstić information content (AvgIpc) is 3.23. The number of benzene rings is 4. The molecule has 2 saturated heterocycles. The number of pyridine rings is 1. The van der Waals surface area contributed by atoms with Crippen molar-refractivity contribution in [3.05, 3.63) is 120 Å². The maximum atomic E-state index is 14.4. The van der Waals surface area contributed by atoms with Gasteiger partial charge in [0.2, 0.25) is 0 Å². The maximum absolute atomic E-state index is 14.4. The quantitative estimate of drug-likeness (QED) is 0.212. The van der Waals surface area contributed by atoms with Crippen molar-refractivity contribution >= 4 is 33.6 Å². The van der Waals surface area contributed by atoms with Gasteiger partial charge in [0, 0.05) is 31.2 Å². The largest absolute Gasteiger partial charge is 0.497 e. The van der Waals surface area contributed by atoms with Crippen molar-refractivity contribution in [2.24, 2.45) is 0 Å². The molecule has 4 aromatic carbocycles. The topological polar surface area (TPSA) is 66.0 Å². The van der Waals surface area contributed by atoms with Crippen LogP contribution in [0.1, 0.15) is 29.5 Å². The van der Waals surface area contributed by atoms with Crippen molar-refractivity contribution < 1.29 is 14.3 Å². The molecule has 2 aliphatic rings. The van der Waals surface area contributed by atoms with Crippen LogP contribution in [-0.4, -0.2) is 57.4 Å². The van der Waals surface area contributed by atoms with Gasteiger partial charge in [-0.15, -0.1) is 0 Å². The second-order valence-electron chi connectivity index (χ2n) is 11.5. The van der Waals surface area contributed by atoms with Crippen LogP contribution in [0.25, 0.3) is 21.7 Å². The summed E-state index contributed by atoms with van der Waals surface area (Å²) < 4.78 is 5.40. The molecule has 0 N–H and O–H groups in total. The lowest BCUT2D eigenvalue weighted by atomic mass is 9.85. The minimum Gasteiger partial charge on any atom is -0.497 e. The Morgan fingerprint density at radius 1 is 0.767 bits per heavy atom. The standard InChI is InChI=1S/C36H34N4O3/c1-43-31-15-4-8-26(22-31)23-39-34(41)36(40(35(39)42)25-30-13-6-11-28-14-7-19-37-33(28)30)17-20-38(21-18-36)24-29-12-5-10-27-9-2-3-16-32(27)29/h2-16,19,22H,17-18,20-21,23-25H2,1H3. The smallest absolute Gasteiger partial charge is 0.328 e. The summed E-state index contributed by atoms with van der Waals surface area (Å²) >= 11 is 0. The summed E-state index contributed by atoms with van der Waals surface area (Å²) in [6, 6.07) is 32.2. The molecule has 7 rings (SSSR count). The zero-order chi connectivity index (χ0) is 29.4. The van der Waals surface area contributed by atoms with Crippen LogP contribution in [0.5, 0.6) is 5.75 Å². The molecule has 2 aliphatic heterocycles. The Kier molecular flexibility index (Phi) is 7.03. The first-order valence-electron chi connectivity index (χ1n) is 14.8. The van der Waals surface area contributed by atoms with Crippen LogP contribution in [-0.2, 0) is 24.4 Å². The van der Waals surface area contributed by atoms with E-state index in [0.29, 0.717) is 25.1 Å². The van der Waals surface area contributed by atoms with Crippen molar-refractivity contribution in [2.45, 2.75) is 38.0 Å². The fraction of sp³-hybridized carbons (Fsp3) is 0.250. The molecule has 216 valence electrons. The van der Waals surface area contributed by atoms with Gasteiger partial charge in [-0.25, -0.2) is 4.79 Å². The third-order valence-electron chi connectivity index (χ3n) is 9.10. The highest BCUT2D eigenvalue weighted by molar-refractivity contribution is 6.07. The van der Waals surface area contributed by atoms with Gasteiger partial charge in [0.15, 0.2) is 0 Å². The third-order valence-corrected chi connectivity index (χ3v) is 9.10. The fourth-order valence-electron chi connectivity index (χ4n) is 6.80. The van der Waals surface area contributed by atoms with Gasteiger partial charge in [0.25, 0.3) is 5.91 Å². The number of nitrogens with zero attached hydrogens (tertiary/aromatic N) is 4. The summed E-state index contributed by atoms with van der Waals surface area (Å²) in [5.41, 5.74) is 3.04. The van der Waals surface area contributed by atoms with E-state index >= 15 is 0 Å². The molecule has 2 fully saturated rings. The molecule has 3 amide bonds. The summed E-state index contributed by atoms with van der Waals surface area (Å²) in [5, 5.41) is 3.50. The second-order valence-corrected chi connectivity index (χ2v) is 11.5. The van der Waals surface area contributed by atoms with Crippen molar-refractivity contribution in [3.63, 3.8) is 0 Å². The van der Waals surface area contributed by atoms with E-state index < -0.39 is 5.54 Å². The summed E-state index contributed by atoms with van der Waals surface area (Å²) in [6.45, 7) is 2.79. The van der Waals surface area contributed by atoms with Crippen LogP contribution in [0, 0.1) is 0 Å². The summed E-state index contributed by atoms with van der Waals surface area (Å²) in [5.74, 6) is 0.588. The molecule has 43 heavy (non-hydrogen) atoms. The van der Waals surface area contributed by atoms with Crippen LogP contribution < -0.4 is 4.74 Å². The monoisotopic (exact) mass is 570 g/mol. The van der Waals surface area contributed by atoms with E-state index in [1.54, 1.807) is 13.3 Å². The Labute approximate surface area is 251 Å². The lowest BCUT2D eigenvalue weighted by Gasteiger charge is -2.42. The van der Waals surface area contributed by atoms with Gasteiger partial charge in [0.05, 0.1) is 25.7 Å². The number of urea groups is 1. The van der Waals surface area contributed by atoms with Gasteiger partial charge >= 0.3 is 6.03 Å². The second kappa shape index (κ2) is 11.2. The minimum absolute atomic E-state index is 0.113. The van der Waals surface area contributed by atoms with Crippen LogP contribution in [0.2, 0.25) is 0 Å². The predicted octanol–water partition coefficient (Wildman–Crippen LogP) is 6.40. The van der Waals surface area contributed by atoms with Gasteiger partial charge in [-0.1, -0.05) is 78.9 Å². The van der Waals surface area contributed by atoms with E-state index in [0.717, 1.165) is 41.7 Å². The molecule has 7 nitrogen and oxygen atoms in total. The Bertz CT molecular complexity index is 1820. The van der Waals surface area contributed by atoms with Crippen LogP contribution >= 0.6 is 0 Å². The molecule has 0 saturated carbocycles. The Hall–Kier alpha value is -4.75. The van der Waals surface area contributed by atoms with Crippen molar-refractivity contribution in [2.75, 3.05) is 20.2 Å². The highest BCUT2D eigenvalue weighted by Gasteiger charge is 2.57. The zero-order valence-corrected chi connectivity index (χ0v) is 24.3. The summed E-state index contributed by atoms with van der Waals surface area (Å²) in [6.07, 6.45) is 2.93. The highest BCUT2D eigenvalue weighted by atomic mass is 16.5. The van der Waals surface area contributed by atoms with E-state index in [9.17, 15) is 9.59 Å². The summed E-state index contributed by atoms with van der Waals surface area (Å²) in [4.78, 5) is 38.8. The van der Waals surface area contributed by atoms with Gasteiger partial charge in [-0.05, 0) is 58.5 Å². The van der Waals surface area contributed by atoms with Crippen molar-refractivity contribution in [3.8, 4) is 5.75 Å². The summed E-state index contributed by atoms with van der Waals surface area (Å²) in [7, 11) is 1.62. The highest BCUT2D eigenvalue weighted by Crippen LogP contribution is 2.40. The van der Waals surface area contributed by atoms with Gasteiger partial charge in [-0.2, -0.15) is 0 Å². The van der Waals surface area contributed by atoms with E-state index in [4.69, 9.17) is 4.74 Å². The molecule has 0 bridgehead atoms. The Morgan fingerprint density at radius 2 is 1.49 bits per heavy atom. The van der Waals surface area contributed by atoms with E-state index in [1.165, 1.54) is 21.2 Å². The molecular formula is C36H34N4O3. The first-order valence-corrected chi connectivity index (χ1v) is 14.8. The number of amides is 3. The molecule has 0 aliphatic carbocycles. The first kappa shape index (κ1) is 27.1. The molecule has 7 heteroatoms. The molecular weight excluding hydrogens is 536 g/mol. The average molecular weight is 571 g/mol. The lowest BCUT2D eigenvalue weighted by molar-refractivity contribution is -0.136. The fourth-order valence-corrected chi connectivity index (χ4v) is 6.80. The molecule has 5 aromatic rings. The maximum Gasteiger partial charge on any atom is 0.328 e. The van der Waals surface area contributed by atoms with Crippen LogP contribution in [0.4, 0.5) is 4.79 Å². The van der Waals surface area contributed by atoms with Crippen molar-refractivity contribution in [1.29, 1.82) is 0 Å². The number of aromatic nitrogens is 1. The predicted molar refractivity (Wildman–Crippen MR) is 167 cm³/mol. The zero-order valence-electron chi connectivity index (χ0n) is 24.3. The molecule has 3 heterocycles. The first-order chi connectivity index (χ1) is 21.1. The van der Waals surface area contributed by atoms with Gasteiger partial charge in [0.1, 0.15) is 11.3 Å². The van der Waals surface area contributed by atoms with E-state index in [1.807, 2.05) is 59.5 Å². The van der Waals surface area contributed by atoms with Crippen molar-refractivity contribution in [1.82, 2.24) is 19.7 Å². The molecule has 0 atom stereocenters. The number of carbonyl (C=O) groups is 2. The number of ether oxygens (including phenoxy) is 1. The van der Waals surface area contributed by atoms with E-state index in [-0.39, 0.29) is 18.5 Å². The number of carbonyl (C=O) groups excluding carboxylic acids is 2. The number of methoxy groups -OCH3 is 1. The Balaban J connectivity index is 1.19. The molecule has 1 spiro atoms. The van der Waals surface area contributed by atoms with Gasteiger partial charge < -0.3 is 9.64 Å². The normalized spacial score (nSPS) is 17.0. The number of imide groups is 1. The van der Waals surface area contributed by atoms with E-state index in [2.05, 4.69) is 52.3 Å². The molecule has 0 unspecified atom stereocenters. The van der Waals surface area contributed by atoms with Gasteiger partial charge in [-0.3, -0.25) is 19.6 Å². The van der Waals surface area contributed by atoms with Crippen LogP contribution in [0.15, 0.2) is 103 Å². The minimum atomic E-state index is -0.901.